The third-order valence-corrected chi connectivity index (χ3v) is 21.9. The Morgan fingerprint density at radius 1 is 0.471 bits per heavy atom. The second-order valence-corrected chi connectivity index (χ2v) is 28.7. The monoisotopic (exact) mass is 1410 g/mol. The van der Waals surface area contributed by atoms with Crippen molar-refractivity contribution in [3.8, 4) is 11.5 Å². The van der Waals surface area contributed by atoms with E-state index in [9.17, 15) is 29.1 Å². The second-order valence-electron chi connectivity index (χ2n) is 28.7. The van der Waals surface area contributed by atoms with Gasteiger partial charge in [0, 0.05) is 57.1 Å². The number of Topliss-reactive ketones (excluding diaryl/α,β-unsaturated/α-hetero) is 1. The molecule has 19 heteroatoms. The molecule has 4 fully saturated rings. The molecule has 5 aromatic rings. The van der Waals surface area contributed by atoms with Crippen molar-refractivity contribution in [1.29, 1.82) is 0 Å². The van der Waals surface area contributed by atoms with Crippen LogP contribution in [0.1, 0.15) is 183 Å². The number of aliphatic hydroxyl groups excluding tert-OH is 1. The SMILES string of the molecule is COc1ccc(C(OC[C@@H]2C[C@@H](O)CN2C(=O)CCCCCCC(=O)CCCCCCCCOC2OC(COC3OC(COC(=O)c4ccccc4)C(C)C(C)C3C)C(C)C(OC3OC(COC(=O)c4ccccc4)C(C)C(C)C3C)C2OC(C)=O)(c2ccccc2)c2ccc(OC)cc2)cc1. The summed E-state index contributed by atoms with van der Waals surface area (Å²) >= 11 is 0. The normalized spacial score (nSPS) is 27.3. The molecule has 4 heterocycles. The minimum atomic E-state index is -1.05. The van der Waals surface area contributed by atoms with Crippen LogP contribution in [0.2, 0.25) is 0 Å². The third kappa shape index (κ3) is 21.1. The van der Waals surface area contributed by atoms with Crippen LogP contribution in [0.4, 0.5) is 0 Å². The van der Waals surface area contributed by atoms with Crippen molar-refractivity contribution in [1.82, 2.24) is 4.90 Å². The summed E-state index contributed by atoms with van der Waals surface area (Å²) in [6.45, 7) is 16.9. The lowest BCUT2D eigenvalue weighted by atomic mass is 9.79. The zero-order chi connectivity index (χ0) is 72.7. The number of aliphatic hydroxyl groups is 1. The van der Waals surface area contributed by atoms with Crippen molar-refractivity contribution in [3.63, 3.8) is 0 Å². The van der Waals surface area contributed by atoms with E-state index in [1.54, 1.807) is 67.7 Å². The van der Waals surface area contributed by atoms with Crippen molar-refractivity contribution in [2.75, 3.05) is 53.8 Å². The number of amides is 1. The molecule has 0 radical (unpaired) electrons. The van der Waals surface area contributed by atoms with E-state index in [4.69, 9.17) is 56.8 Å². The van der Waals surface area contributed by atoms with Gasteiger partial charge in [0.1, 0.15) is 42.2 Å². The molecule has 556 valence electrons. The molecule has 0 bridgehead atoms. The number of nitrogens with zero attached hydrogens (tertiary/aromatic N) is 1. The van der Waals surface area contributed by atoms with Crippen molar-refractivity contribution in [2.45, 2.75) is 212 Å². The number of likely N-dealkylation sites (tertiary alicyclic amines) is 1. The fraction of sp³-hybridized carbons (Fsp3) is 0.578. The molecular formula is C83H111NO18. The van der Waals surface area contributed by atoms with Gasteiger partial charge in [0.05, 0.1) is 69.0 Å². The van der Waals surface area contributed by atoms with E-state index >= 15 is 0 Å². The molecule has 0 aliphatic carbocycles. The molecule has 0 saturated carbocycles. The predicted molar refractivity (Wildman–Crippen MR) is 385 cm³/mol. The number of unbranched alkanes of at least 4 members (excludes halogenated alkanes) is 8. The maximum Gasteiger partial charge on any atom is 0.338 e. The Morgan fingerprint density at radius 2 is 0.922 bits per heavy atom. The summed E-state index contributed by atoms with van der Waals surface area (Å²) in [5, 5.41) is 11.0. The summed E-state index contributed by atoms with van der Waals surface area (Å²) in [7, 11) is 3.27. The highest BCUT2D eigenvalue weighted by molar-refractivity contribution is 5.89. The first kappa shape index (κ1) is 79.1. The van der Waals surface area contributed by atoms with Crippen molar-refractivity contribution < 1.29 is 85.9 Å². The highest BCUT2D eigenvalue weighted by Gasteiger charge is 2.52. The quantitative estimate of drug-likeness (QED) is 0.0169. The molecule has 4 aliphatic heterocycles. The number of carbonyl (C=O) groups is 5. The van der Waals surface area contributed by atoms with Crippen LogP contribution in [0, 0.1) is 41.4 Å². The number of esters is 3. The Morgan fingerprint density at radius 3 is 1.44 bits per heavy atom. The van der Waals surface area contributed by atoms with Gasteiger partial charge < -0.3 is 66.8 Å². The Balaban J connectivity index is 0.727. The Labute approximate surface area is 604 Å². The molecule has 4 aliphatic rings. The van der Waals surface area contributed by atoms with Crippen molar-refractivity contribution in [2.24, 2.45) is 41.4 Å². The first-order valence-electron chi connectivity index (χ1n) is 37.2. The standard InChI is InChI=1S/C83H111NO18/c1-54-56(3)72(51-94-78(89)62-30-20-17-21-31-62)99-80(58(54)5)96-53-74-60(7)76(102-81-59(6)55(2)57(4)73(100-81)52-95-79(90)63-32-22-18-23-33-63)77(98-61(8)85)82(101-74)93-47-29-16-12-11-13-26-36-68(86)37-27-14-15-28-38-75(88)84-49-69(87)48-67(84)50-97-83(64-34-24-19-25-35-64,65-39-43-70(91-9)44-40-65)66-41-45-71(92-10)46-42-66/h17-25,30-35,39-46,54-60,67,69,72-74,76-77,80-82,87H,11-16,26-29,36-38,47-53H2,1-10H3/t54?,55?,56?,57?,58?,59?,60?,67-,69+,72?,73?,74?,76?,77?,80?,81?,82?/m0/s1. The van der Waals surface area contributed by atoms with Crippen LogP contribution in [0.15, 0.2) is 140 Å². The first-order valence-corrected chi connectivity index (χ1v) is 37.2. The maximum atomic E-state index is 13.9. The Bertz CT molecular complexity index is 3310. The summed E-state index contributed by atoms with van der Waals surface area (Å²) < 4.78 is 76.3. The molecule has 4 saturated heterocycles. The van der Waals surface area contributed by atoms with Crippen LogP contribution >= 0.6 is 0 Å². The smallest absolute Gasteiger partial charge is 0.338 e. The van der Waals surface area contributed by atoms with Crippen molar-refractivity contribution in [3.05, 3.63) is 167 Å². The largest absolute Gasteiger partial charge is 0.497 e. The molecule has 15 unspecified atom stereocenters. The Hall–Kier alpha value is -7.07. The van der Waals surface area contributed by atoms with E-state index in [0.29, 0.717) is 56.3 Å². The maximum absolute atomic E-state index is 13.9. The third-order valence-electron chi connectivity index (χ3n) is 21.9. The topological polar surface area (TPSA) is 220 Å². The van der Waals surface area contributed by atoms with Gasteiger partial charge in [-0.3, -0.25) is 14.4 Å². The van der Waals surface area contributed by atoms with E-state index in [1.165, 1.54) is 6.92 Å². The fourth-order valence-electron chi connectivity index (χ4n) is 14.8. The highest BCUT2D eigenvalue weighted by atomic mass is 16.7. The first-order chi connectivity index (χ1) is 49.3. The van der Waals surface area contributed by atoms with Crippen LogP contribution in [0.3, 0.4) is 0 Å². The van der Waals surface area contributed by atoms with Gasteiger partial charge in [-0.15, -0.1) is 0 Å². The molecule has 1 amide bonds. The second kappa shape index (κ2) is 39.2. The fourth-order valence-corrected chi connectivity index (χ4v) is 14.8. The predicted octanol–water partition coefficient (Wildman–Crippen LogP) is 14.3. The summed E-state index contributed by atoms with van der Waals surface area (Å²) in [4.78, 5) is 67.9. The van der Waals surface area contributed by atoms with Gasteiger partial charge in [-0.05, 0) is 121 Å². The van der Waals surface area contributed by atoms with Gasteiger partial charge in [-0.2, -0.15) is 0 Å². The number of β-amino-alcohol motifs (C(OH)–C–C–N with tert-alkyl or cyclic N) is 1. The number of ether oxygens (including phenoxy) is 12. The van der Waals surface area contributed by atoms with Gasteiger partial charge in [-0.25, -0.2) is 9.59 Å². The van der Waals surface area contributed by atoms with Crippen LogP contribution < -0.4 is 9.47 Å². The average Bonchev–Trinajstić information content (AvgIpc) is 0.859. The number of methoxy groups -OCH3 is 2. The van der Waals surface area contributed by atoms with E-state index in [-0.39, 0.29) is 86.2 Å². The van der Waals surface area contributed by atoms with Crippen molar-refractivity contribution >= 4 is 29.6 Å². The molecular weight excluding hydrogens is 1300 g/mol. The average molecular weight is 1410 g/mol. The lowest BCUT2D eigenvalue weighted by Crippen LogP contribution is -2.60. The minimum Gasteiger partial charge on any atom is -0.497 e. The summed E-state index contributed by atoms with van der Waals surface area (Å²) in [5.41, 5.74) is 2.55. The molecule has 102 heavy (non-hydrogen) atoms. The zero-order valence-electron chi connectivity index (χ0n) is 61.6. The van der Waals surface area contributed by atoms with Crippen LogP contribution in [0.25, 0.3) is 0 Å². The van der Waals surface area contributed by atoms with E-state index in [1.807, 2.05) is 97.9 Å². The molecule has 0 aromatic heterocycles. The number of carbonyl (C=O) groups excluding carboxylic acids is 5. The molecule has 0 spiro atoms. The lowest BCUT2D eigenvalue weighted by Gasteiger charge is -2.49. The van der Waals surface area contributed by atoms with Crippen LogP contribution in [-0.2, 0) is 67.4 Å². The minimum absolute atomic E-state index is 0.0102. The number of ketones is 1. The van der Waals surface area contributed by atoms with Crippen LogP contribution in [-0.4, -0.2) is 155 Å². The van der Waals surface area contributed by atoms with Gasteiger partial charge in [0.25, 0.3) is 0 Å². The molecule has 19 nitrogen and oxygen atoms in total. The van der Waals surface area contributed by atoms with Gasteiger partial charge in [0.15, 0.2) is 25.0 Å². The number of rotatable bonds is 37. The molecule has 1 N–H and O–H groups in total. The number of benzene rings is 5. The number of hydrogen-bond donors (Lipinski definition) is 1. The highest BCUT2D eigenvalue weighted by Crippen LogP contribution is 2.44. The van der Waals surface area contributed by atoms with E-state index < -0.39 is 84.9 Å². The molecule has 17 atom stereocenters. The zero-order valence-corrected chi connectivity index (χ0v) is 61.6. The van der Waals surface area contributed by atoms with Crippen LogP contribution in [0.5, 0.6) is 11.5 Å². The van der Waals surface area contributed by atoms with E-state index in [0.717, 1.165) is 79.6 Å². The van der Waals surface area contributed by atoms with Gasteiger partial charge >= 0.3 is 17.9 Å². The lowest BCUT2D eigenvalue weighted by molar-refractivity contribution is -0.345. The summed E-state index contributed by atoms with van der Waals surface area (Å²) in [5.74, 6) is 0.0671. The van der Waals surface area contributed by atoms with E-state index in [2.05, 4.69) is 41.5 Å². The van der Waals surface area contributed by atoms with Gasteiger partial charge in [0.2, 0.25) is 5.91 Å². The molecule has 9 rings (SSSR count). The summed E-state index contributed by atoms with van der Waals surface area (Å²) in [6, 6.07) is 43.1. The number of hydrogen-bond acceptors (Lipinski definition) is 18. The summed E-state index contributed by atoms with van der Waals surface area (Å²) in [6.07, 6.45) is 3.77. The Kier molecular flexibility index (Phi) is 30.3. The molecule has 5 aromatic carbocycles. The van der Waals surface area contributed by atoms with Gasteiger partial charge in [-0.1, -0.05) is 178 Å².